The second-order valence-corrected chi connectivity index (χ2v) is 13.2. The summed E-state index contributed by atoms with van der Waals surface area (Å²) < 4.78 is 29.2. The molecule has 0 spiro atoms. The van der Waals surface area contributed by atoms with E-state index in [1.807, 2.05) is 0 Å². The molecule has 0 aromatic carbocycles. The second kappa shape index (κ2) is 18.0. The van der Waals surface area contributed by atoms with Crippen molar-refractivity contribution in [1.29, 1.82) is 0 Å². The summed E-state index contributed by atoms with van der Waals surface area (Å²) in [5.74, 6) is -5.56. The van der Waals surface area contributed by atoms with Crippen LogP contribution in [0.2, 0.25) is 0 Å². The Bertz CT molecular complexity index is 581. The summed E-state index contributed by atoms with van der Waals surface area (Å²) in [7, 11) is 0. The van der Waals surface area contributed by atoms with E-state index < -0.39 is 44.0 Å². The van der Waals surface area contributed by atoms with Crippen molar-refractivity contribution < 1.29 is 68.1 Å². The zero-order valence-electron chi connectivity index (χ0n) is 19.9. The Morgan fingerprint density at radius 3 is 0.694 bits per heavy atom. The van der Waals surface area contributed by atoms with Gasteiger partial charge in [-0.3, -0.25) is 0 Å². The van der Waals surface area contributed by atoms with E-state index in [1.54, 1.807) is 0 Å². The van der Waals surface area contributed by atoms with Crippen LogP contribution < -0.4 is 0 Å². The molecule has 210 valence electrons. The van der Waals surface area contributed by atoms with Gasteiger partial charge in [0.1, 0.15) is 0 Å². The predicted octanol–water partition coefficient (Wildman–Crippen LogP) is 1.28. The van der Waals surface area contributed by atoms with Crippen molar-refractivity contribution in [3.05, 3.63) is 0 Å². The summed E-state index contributed by atoms with van der Waals surface area (Å²) in [5.41, 5.74) is 0. The number of hydrogen-bond donors (Lipinski definition) is 5. The Hall–Kier alpha value is -2.29. The van der Waals surface area contributed by atoms with E-state index in [2.05, 4.69) is 0 Å². The number of hydrogen-bond acceptors (Lipinski definition) is 10. The molecule has 0 aliphatic rings. The van der Waals surface area contributed by atoms with Crippen LogP contribution in [0.1, 0.15) is 64.2 Å². The fourth-order valence-electron chi connectivity index (χ4n) is 2.56. The third-order valence-electron chi connectivity index (χ3n) is 4.19. The quantitative estimate of drug-likeness (QED) is 0.0744. The van der Waals surface area contributed by atoms with E-state index in [1.165, 1.54) is 0 Å². The molecule has 0 aliphatic carbocycles. The van der Waals surface area contributed by atoms with Crippen LogP contribution in [0.25, 0.3) is 0 Å². The van der Waals surface area contributed by atoms with Gasteiger partial charge < -0.3 is 0 Å². The summed E-state index contributed by atoms with van der Waals surface area (Å²) in [6.07, 6.45) is -1.62. The van der Waals surface area contributed by atoms with Gasteiger partial charge >= 0.3 is 209 Å². The summed E-state index contributed by atoms with van der Waals surface area (Å²) >= 11 is -5.89. The molecule has 0 aromatic rings. The Morgan fingerprint density at radius 2 is 0.556 bits per heavy atom. The third-order valence-corrected chi connectivity index (χ3v) is 10.5. The minimum atomic E-state index is -5.89. The molecule has 0 bridgehead atoms. The van der Waals surface area contributed by atoms with Gasteiger partial charge in [-0.05, 0) is 0 Å². The molecular weight excluding hydrogens is 555 g/mol. The first-order chi connectivity index (χ1) is 16.9. The van der Waals surface area contributed by atoms with Gasteiger partial charge in [0.15, 0.2) is 0 Å². The van der Waals surface area contributed by atoms with E-state index in [0.29, 0.717) is 0 Å². The number of carboxylic acid groups (broad SMARTS) is 5. The van der Waals surface area contributed by atoms with Crippen LogP contribution in [0.15, 0.2) is 0 Å². The van der Waals surface area contributed by atoms with Gasteiger partial charge in [0.2, 0.25) is 0 Å². The summed E-state index contributed by atoms with van der Waals surface area (Å²) in [6.45, 7) is -1.49. The van der Waals surface area contributed by atoms with Crippen molar-refractivity contribution in [2.45, 2.75) is 64.2 Å². The molecule has 0 unspecified atom stereocenters. The zero-order valence-corrected chi connectivity index (χ0v) is 21.7. The molecule has 5 N–H and O–H groups in total. The van der Waals surface area contributed by atoms with Crippen LogP contribution in [0.3, 0.4) is 0 Å². The first kappa shape index (κ1) is 33.7. The van der Waals surface area contributed by atoms with Gasteiger partial charge in [0.05, 0.1) is 0 Å². The molecule has 0 aliphatic heterocycles. The first-order valence-electron chi connectivity index (χ1n) is 11.3. The van der Waals surface area contributed by atoms with Crippen LogP contribution in [0.4, 0.5) is 0 Å². The molecule has 0 saturated heterocycles. The molecular formula is C20H35AsO15. The molecule has 0 saturated carbocycles. The standard InChI is InChI=1S/C20H35AsO15/c22-16(23)6-1-11-32-21(33-12-2-7-17(24)25,34-13-3-8-18(26)27,35-14-4-9-19(28)29)36-15-5-10-20(30)31/h1-15H2,(H,22,23)(H,24,25)(H,26,27)(H,28,29)(H,30,31). The molecule has 0 heterocycles. The number of aliphatic carboxylic acids is 5. The van der Waals surface area contributed by atoms with Crippen molar-refractivity contribution in [1.82, 2.24) is 0 Å². The van der Waals surface area contributed by atoms with Gasteiger partial charge in [0, 0.05) is 0 Å². The first-order valence-corrected chi connectivity index (χ1v) is 15.1. The molecule has 0 rings (SSSR count). The van der Waals surface area contributed by atoms with Crippen LogP contribution in [0.5, 0.6) is 0 Å². The van der Waals surface area contributed by atoms with Gasteiger partial charge in [0.25, 0.3) is 0 Å². The summed E-state index contributed by atoms with van der Waals surface area (Å²) in [5, 5.41) is 44.6. The molecule has 0 aromatic heterocycles. The van der Waals surface area contributed by atoms with Crippen molar-refractivity contribution >= 4 is 44.0 Å². The molecule has 0 fully saturated rings. The van der Waals surface area contributed by atoms with Crippen LogP contribution in [0, 0.1) is 0 Å². The SMILES string of the molecule is O=C(O)CCCO[As](OCCCC(=O)O)(OCCCC(=O)O)(OCCCC(=O)O)OCCCC(=O)O. The second-order valence-electron chi connectivity index (χ2n) is 7.40. The van der Waals surface area contributed by atoms with Gasteiger partial charge in [-0.2, -0.15) is 0 Å². The molecule has 16 heteroatoms. The van der Waals surface area contributed by atoms with E-state index in [0.717, 1.165) is 0 Å². The number of carboxylic acids is 5. The van der Waals surface area contributed by atoms with Gasteiger partial charge in [-0.15, -0.1) is 0 Å². The minimum absolute atomic E-state index is 0.0283. The molecule has 36 heavy (non-hydrogen) atoms. The third kappa shape index (κ3) is 16.4. The molecule has 0 atom stereocenters. The monoisotopic (exact) mass is 590 g/mol. The fraction of sp³-hybridized carbons (Fsp3) is 0.750. The van der Waals surface area contributed by atoms with Crippen LogP contribution in [-0.4, -0.2) is 103 Å². The summed E-state index contributed by atoms with van der Waals surface area (Å²) in [6, 6.07) is 0. The Balaban J connectivity index is 5.98. The van der Waals surface area contributed by atoms with Crippen molar-refractivity contribution in [3.8, 4) is 0 Å². The van der Waals surface area contributed by atoms with Crippen molar-refractivity contribution in [2.24, 2.45) is 0 Å². The molecule has 15 nitrogen and oxygen atoms in total. The molecule has 0 amide bonds. The van der Waals surface area contributed by atoms with Gasteiger partial charge in [-0.1, -0.05) is 0 Å². The number of carbonyl (C=O) groups is 5. The van der Waals surface area contributed by atoms with Crippen molar-refractivity contribution in [3.63, 3.8) is 0 Å². The molecule has 0 radical (unpaired) electrons. The number of rotatable bonds is 25. The van der Waals surface area contributed by atoms with E-state index in [-0.39, 0.29) is 97.2 Å². The van der Waals surface area contributed by atoms with E-state index in [4.69, 9.17) is 44.2 Å². The zero-order chi connectivity index (χ0) is 27.5. The average molecular weight is 590 g/mol. The predicted molar refractivity (Wildman–Crippen MR) is 120 cm³/mol. The fourth-order valence-corrected chi connectivity index (χ4v) is 8.60. The van der Waals surface area contributed by atoms with E-state index >= 15 is 0 Å². The maximum absolute atomic E-state index is 10.9. The normalized spacial score (nSPS) is 12.5. The Morgan fingerprint density at radius 1 is 0.389 bits per heavy atom. The van der Waals surface area contributed by atoms with Gasteiger partial charge in [-0.25, -0.2) is 0 Å². The Labute approximate surface area is 209 Å². The van der Waals surface area contributed by atoms with Crippen LogP contribution >= 0.6 is 0 Å². The van der Waals surface area contributed by atoms with Crippen molar-refractivity contribution in [2.75, 3.05) is 33.0 Å². The average Bonchev–Trinajstić information content (AvgIpc) is 2.78. The summed E-state index contributed by atoms with van der Waals surface area (Å²) in [4.78, 5) is 54.6. The Kier molecular flexibility index (Phi) is 16.9. The maximum atomic E-state index is 10.9. The van der Waals surface area contributed by atoms with Crippen LogP contribution in [-0.2, 0) is 42.6 Å². The van der Waals surface area contributed by atoms with E-state index in [9.17, 15) is 24.0 Å². The topological polar surface area (TPSA) is 233 Å².